The van der Waals surface area contributed by atoms with E-state index in [0.29, 0.717) is 11.7 Å². The molecule has 7 nitrogen and oxygen atoms in total. The molecule has 7 heteroatoms. The maximum absolute atomic E-state index is 12.2. The van der Waals surface area contributed by atoms with E-state index >= 15 is 0 Å². The average molecular weight is 266 g/mol. The molecule has 2 unspecified atom stereocenters. The molecule has 1 aliphatic heterocycles. The number of rotatable bonds is 3. The average Bonchev–Trinajstić information content (AvgIpc) is 2.71. The molecule has 1 saturated heterocycles. The van der Waals surface area contributed by atoms with Gasteiger partial charge >= 0.3 is 0 Å². The van der Waals surface area contributed by atoms with E-state index in [-0.39, 0.29) is 24.3 Å². The molecular formula is C12H18N4O3. The molecule has 1 aromatic rings. The van der Waals surface area contributed by atoms with Crippen LogP contribution in [-0.2, 0) is 16.1 Å². The van der Waals surface area contributed by atoms with Crippen molar-refractivity contribution in [2.75, 3.05) is 0 Å². The minimum absolute atomic E-state index is 0.0143. The van der Waals surface area contributed by atoms with E-state index in [2.05, 4.69) is 15.5 Å². The minimum atomic E-state index is -0.522. The Balaban J connectivity index is 2.25. The van der Waals surface area contributed by atoms with Gasteiger partial charge in [0.15, 0.2) is 5.82 Å². The summed E-state index contributed by atoms with van der Waals surface area (Å²) >= 11 is 0. The van der Waals surface area contributed by atoms with Crippen molar-refractivity contribution in [2.24, 2.45) is 5.92 Å². The summed E-state index contributed by atoms with van der Waals surface area (Å²) in [6.45, 7) is 7.35. The van der Waals surface area contributed by atoms with Gasteiger partial charge in [-0.15, -0.1) is 0 Å². The number of aromatic nitrogens is 2. The number of aryl methyl sites for hydroxylation is 1. The summed E-state index contributed by atoms with van der Waals surface area (Å²) in [6.07, 6.45) is 0. The van der Waals surface area contributed by atoms with Crippen LogP contribution in [0.3, 0.4) is 0 Å². The van der Waals surface area contributed by atoms with E-state index in [0.717, 1.165) is 0 Å². The van der Waals surface area contributed by atoms with Crippen molar-refractivity contribution in [1.29, 1.82) is 0 Å². The van der Waals surface area contributed by atoms with Crippen LogP contribution in [0.25, 0.3) is 0 Å². The maximum Gasteiger partial charge on any atom is 0.246 e. The quantitative estimate of drug-likeness (QED) is 0.847. The van der Waals surface area contributed by atoms with Crippen LogP contribution < -0.4 is 5.32 Å². The molecule has 1 aromatic heterocycles. The Kier molecular flexibility index (Phi) is 3.55. The summed E-state index contributed by atoms with van der Waals surface area (Å²) < 4.78 is 5.03. The van der Waals surface area contributed by atoms with Gasteiger partial charge in [0, 0.05) is 0 Å². The number of hydrogen-bond donors (Lipinski definition) is 1. The fraction of sp³-hybridized carbons (Fsp3) is 0.667. The molecule has 1 N–H and O–H groups in total. The monoisotopic (exact) mass is 266 g/mol. The highest BCUT2D eigenvalue weighted by Crippen LogP contribution is 2.19. The lowest BCUT2D eigenvalue weighted by Crippen LogP contribution is -2.63. The number of carbonyl (C=O) groups is 2. The van der Waals surface area contributed by atoms with Crippen molar-refractivity contribution in [1.82, 2.24) is 20.4 Å². The van der Waals surface area contributed by atoms with Crippen molar-refractivity contribution < 1.29 is 14.1 Å². The Bertz CT molecular complexity index is 497. The van der Waals surface area contributed by atoms with E-state index in [1.807, 2.05) is 13.8 Å². The Morgan fingerprint density at radius 1 is 1.42 bits per heavy atom. The van der Waals surface area contributed by atoms with Crippen LogP contribution in [0.5, 0.6) is 0 Å². The fourth-order valence-corrected chi connectivity index (χ4v) is 2.28. The number of nitrogens with one attached hydrogen (secondary N) is 1. The maximum atomic E-state index is 12.2. The van der Waals surface area contributed by atoms with Crippen LogP contribution in [0, 0.1) is 12.8 Å². The summed E-state index contributed by atoms with van der Waals surface area (Å²) in [5.41, 5.74) is 0. The molecule has 2 amide bonds. The van der Waals surface area contributed by atoms with Gasteiger partial charge < -0.3 is 14.7 Å². The first-order valence-corrected chi connectivity index (χ1v) is 6.30. The predicted octanol–water partition coefficient (Wildman–Crippen LogP) is 0.250. The molecule has 0 radical (unpaired) electrons. The minimum Gasteiger partial charge on any atom is -0.343 e. The lowest BCUT2D eigenvalue weighted by atomic mass is 9.97. The molecule has 104 valence electrons. The van der Waals surface area contributed by atoms with Gasteiger partial charge in [-0.1, -0.05) is 19.0 Å². The normalized spacial score (nSPS) is 23.9. The fourth-order valence-electron chi connectivity index (χ4n) is 2.28. The molecule has 1 fully saturated rings. The van der Waals surface area contributed by atoms with Crippen molar-refractivity contribution in [3.05, 3.63) is 11.7 Å². The Labute approximate surface area is 111 Å². The molecule has 2 heterocycles. The molecule has 1 aliphatic rings. The Morgan fingerprint density at radius 2 is 2.11 bits per heavy atom. The van der Waals surface area contributed by atoms with Gasteiger partial charge in [0.25, 0.3) is 0 Å². The number of nitrogens with zero attached hydrogens (tertiary/aromatic N) is 3. The number of carbonyl (C=O) groups excluding carboxylic acids is 2. The first-order chi connectivity index (χ1) is 8.90. The molecule has 0 aliphatic carbocycles. The lowest BCUT2D eigenvalue weighted by molar-refractivity contribution is -0.151. The second-order valence-corrected chi connectivity index (χ2v) is 5.12. The molecule has 2 atom stereocenters. The molecule has 0 saturated carbocycles. The molecular weight excluding hydrogens is 248 g/mol. The highest BCUT2D eigenvalue weighted by Gasteiger charge is 2.40. The largest absolute Gasteiger partial charge is 0.343 e. The number of amides is 2. The van der Waals surface area contributed by atoms with Crippen LogP contribution in [0.2, 0.25) is 0 Å². The van der Waals surface area contributed by atoms with Crippen molar-refractivity contribution in [3.8, 4) is 0 Å². The smallest absolute Gasteiger partial charge is 0.246 e. The number of piperazine rings is 1. The van der Waals surface area contributed by atoms with Crippen LogP contribution in [0.4, 0.5) is 0 Å². The van der Waals surface area contributed by atoms with E-state index in [1.54, 1.807) is 13.8 Å². The second kappa shape index (κ2) is 4.99. The van der Waals surface area contributed by atoms with Crippen molar-refractivity contribution >= 4 is 11.8 Å². The molecule has 0 spiro atoms. The highest BCUT2D eigenvalue weighted by molar-refractivity contribution is 5.96. The molecule has 19 heavy (non-hydrogen) atoms. The summed E-state index contributed by atoms with van der Waals surface area (Å²) in [5.74, 6) is 0.601. The molecule has 0 bridgehead atoms. The van der Waals surface area contributed by atoms with Crippen molar-refractivity contribution in [2.45, 2.75) is 46.3 Å². The van der Waals surface area contributed by atoms with Crippen LogP contribution in [0.15, 0.2) is 4.52 Å². The van der Waals surface area contributed by atoms with Gasteiger partial charge in [0.05, 0.1) is 0 Å². The first kappa shape index (κ1) is 13.5. The van der Waals surface area contributed by atoms with Gasteiger partial charge in [-0.05, 0) is 19.8 Å². The highest BCUT2D eigenvalue weighted by atomic mass is 16.5. The summed E-state index contributed by atoms with van der Waals surface area (Å²) in [4.78, 5) is 29.8. The zero-order chi connectivity index (χ0) is 14.2. The summed E-state index contributed by atoms with van der Waals surface area (Å²) in [5, 5.41) is 6.38. The second-order valence-electron chi connectivity index (χ2n) is 5.12. The Hall–Kier alpha value is -1.92. The number of hydrogen-bond acceptors (Lipinski definition) is 5. The third kappa shape index (κ3) is 2.59. The van der Waals surface area contributed by atoms with E-state index in [9.17, 15) is 9.59 Å². The zero-order valence-electron chi connectivity index (χ0n) is 11.5. The van der Waals surface area contributed by atoms with Crippen LogP contribution in [-0.4, -0.2) is 38.9 Å². The Morgan fingerprint density at radius 3 is 2.63 bits per heavy atom. The third-order valence-corrected chi connectivity index (χ3v) is 3.12. The van der Waals surface area contributed by atoms with E-state index < -0.39 is 12.1 Å². The van der Waals surface area contributed by atoms with Gasteiger partial charge in [0.1, 0.15) is 18.6 Å². The van der Waals surface area contributed by atoms with Gasteiger partial charge in [-0.2, -0.15) is 4.98 Å². The van der Waals surface area contributed by atoms with E-state index in [4.69, 9.17) is 4.52 Å². The topological polar surface area (TPSA) is 88.3 Å². The third-order valence-electron chi connectivity index (χ3n) is 3.12. The lowest BCUT2D eigenvalue weighted by Gasteiger charge is -2.39. The first-order valence-electron chi connectivity index (χ1n) is 6.30. The van der Waals surface area contributed by atoms with Crippen LogP contribution >= 0.6 is 0 Å². The van der Waals surface area contributed by atoms with Crippen molar-refractivity contribution in [3.63, 3.8) is 0 Å². The predicted molar refractivity (Wildman–Crippen MR) is 65.8 cm³/mol. The van der Waals surface area contributed by atoms with Gasteiger partial charge in [-0.25, -0.2) is 0 Å². The molecule has 2 rings (SSSR count). The van der Waals surface area contributed by atoms with Gasteiger partial charge in [0.2, 0.25) is 17.7 Å². The summed E-state index contributed by atoms with van der Waals surface area (Å²) in [7, 11) is 0. The summed E-state index contributed by atoms with van der Waals surface area (Å²) in [6, 6.07) is -1.03. The van der Waals surface area contributed by atoms with E-state index in [1.165, 1.54) is 4.90 Å². The SMILES string of the molecule is Cc1noc(CN2C(=O)C(C)NC(=O)C2C(C)C)n1. The van der Waals surface area contributed by atoms with Gasteiger partial charge in [-0.3, -0.25) is 9.59 Å². The zero-order valence-corrected chi connectivity index (χ0v) is 11.5. The van der Waals surface area contributed by atoms with Crippen LogP contribution in [0.1, 0.15) is 32.5 Å². The standard InChI is InChI=1S/C12H18N4O3/c1-6(2)10-11(17)13-7(3)12(18)16(10)5-9-14-8(4)15-19-9/h6-7,10H,5H2,1-4H3,(H,13,17). The molecule has 0 aromatic carbocycles.